The van der Waals surface area contributed by atoms with E-state index in [1.165, 1.54) is 6.08 Å². The summed E-state index contributed by atoms with van der Waals surface area (Å²) in [5, 5.41) is 2.79. The van der Waals surface area contributed by atoms with Gasteiger partial charge in [-0.15, -0.1) is 0 Å². The van der Waals surface area contributed by atoms with Crippen molar-refractivity contribution in [1.29, 1.82) is 0 Å². The molecule has 1 N–H and O–H groups in total. The van der Waals surface area contributed by atoms with Crippen LogP contribution in [0, 0.1) is 0 Å². The molecule has 1 aromatic carbocycles. The first-order valence-corrected chi connectivity index (χ1v) is 7.67. The third kappa shape index (κ3) is 4.72. The predicted octanol–water partition coefficient (Wildman–Crippen LogP) is 3.49. The topological polar surface area (TPSA) is 60.7 Å². The first-order valence-electron chi connectivity index (χ1n) is 7.67. The van der Waals surface area contributed by atoms with Gasteiger partial charge in [0.1, 0.15) is 18.1 Å². The summed E-state index contributed by atoms with van der Waals surface area (Å²) in [6.07, 6.45) is 6.91. The highest BCUT2D eigenvalue weighted by Gasteiger charge is 2.15. The highest BCUT2D eigenvalue weighted by atomic mass is 16.5. The van der Waals surface area contributed by atoms with Crippen LogP contribution in [0.1, 0.15) is 18.6 Å². The lowest BCUT2D eigenvalue weighted by Crippen LogP contribution is -2.16. The van der Waals surface area contributed by atoms with E-state index in [2.05, 4.69) is 5.32 Å². The second kappa shape index (κ2) is 7.65. The van der Waals surface area contributed by atoms with Crippen LogP contribution in [0.3, 0.4) is 0 Å². The lowest BCUT2D eigenvalue weighted by molar-refractivity contribution is -0.111. The molecule has 1 aromatic heterocycles. The third-order valence-electron chi connectivity index (χ3n) is 3.50. The van der Waals surface area contributed by atoms with Gasteiger partial charge in [0.15, 0.2) is 0 Å². The third-order valence-corrected chi connectivity index (χ3v) is 3.50. The van der Waals surface area contributed by atoms with Crippen LogP contribution in [-0.2, 0) is 9.53 Å². The summed E-state index contributed by atoms with van der Waals surface area (Å²) in [6, 6.07) is 10.9. The van der Waals surface area contributed by atoms with Crippen molar-refractivity contribution in [3.63, 3.8) is 0 Å². The number of benzene rings is 1. The zero-order chi connectivity index (χ0) is 15.9. The number of carbonyl (C=O) groups is 1. The second-order valence-corrected chi connectivity index (χ2v) is 5.31. The van der Waals surface area contributed by atoms with Gasteiger partial charge < -0.3 is 19.2 Å². The molecule has 1 amide bonds. The van der Waals surface area contributed by atoms with Gasteiger partial charge in [-0.25, -0.2) is 0 Å². The molecule has 0 saturated carbocycles. The highest BCUT2D eigenvalue weighted by Crippen LogP contribution is 2.19. The van der Waals surface area contributed by atoms with Crippen molar-refractivity contribution in [3.05, 3.63) is 54.5 Å². The molecule has 3 rings (SSSR count). The Morgan fingerprint density at radius 3 is 3.09 bits per heavy atom. The fourth-order valence-corrected chi connectivity index (χ4v) is 2.36. The van der Waals surface area contributed by atoms with E-state index in [-0.39, 0.29) is 12.0 Å². The molecule has 1 aliphatic rings. The number of ether oxygens (including phenoxy) is 2. The van der Waals surface area contributed by atoms with Crippen LogP contribution >= 0.6 is 0 Å². The monoisotopic (exact) mass is 313 g/mol. The van der Waals surface area contributed by atoms with Gasteiger partial charge in [-0.3, -0.25) is 4.79 Å². The Labute approximate surface area is 134 Å². The van der Waals surface area contributed by atoms with Gasteiger partial charge in [-0.05, 0) is 43.2 Å². The van der Waals surface area contributed by atoms with Crippen LogP contribution < -0.4 is 10.1 Å². The van der Waals surface area contributed by atoms with Crippen LogP contribution in [-0.4, -0.2) is 25.2 Å². The molecule has 0 spiro atoms. The number of furan rings is 1. The largest absolute Gasteiger partial charge is 0.491 e. The Balaban J connectivity index is 1.53. The summed E-state index contributed by atoms with van der Waals surface area (Å²) >= 11 is 0. The number of rotatable bonds is 6. The molecule has 1 unspecified atom stereocenters. The summed E-state index contributed by atoms with van der Waals surface area (Å²) in [5.41, 5.74) is 0.684. The molecule has 5 heteroatoms. The van der Waals surface area contributed by atoms with Gasteiger partial charge in [0, 0.05) is 24.4 Å². The molecule has 120 valence electrons. The molecule has 0 bridgehead atoms. The van der Waals surface area contributed by atoms with Gasteiger partial charge in [0.25, 0.3) is 0 Å². The number of amides is 1. The summed E-state index contributed by atoms with van der Waals surface area (Å²) in [5.74, 6) is 1.12. The van der Waals surface area contributed by atoms with Crippen LogP contribution in [0.4, 0.5) is 5.69 Å². The smallest absolute Gasteiger partial charge is 0.248 e. The van der Waals surface area contributed by atoms with Gasteiger partial charge in [0.2, 0.25) is 5.91 Å². The Hall–Kier alpha value is -2.53. The molecule has 5 nitrogen and oxygen atoms in total. The summed E-state index contributed by atoms with van der Waals surface area (Å²) in [6.45, 7) is 1.35. The summed E-state index contributed by atoms with van der Waals surface area (Å²) < 4.78 is 16.4. The number of hydrogen-bond donors (Lipinski definition) is 1. The quantitative estimate of drug-likeness (QED) is 0.829. The van der Waals surface area contributed by atoms with E-state index in [4.69, 9.17) is 13.9 Å². The minimum Gasteiger partial charge on any atom is -0.491 e. The minimum atomic E-state index is -0.224. The Kier molecular flexibility index (Phi) is 5.11. The standard InChI is InChI=1S/C18H19NO4/c20-18(9-8-15-6-2-10-21-15)19-14-4-1-5-16(12-14)23-13-17-7-3-11-22-17/h1-2,4-6,8-10,12,17H,3,7,11,13H2,(H,19,20)/b9-8+. The zero-order valence-electron chi connectivity index (χ0n) is 12.7. The lowest BCUT2D eigenvalue weighted by atomic mass is 10.2. The Morgan fingerprint density at radius 1 is 1.35 bits per heavy atom. The van der Waals surface area contributed by atoms with Crippen molar-refractivity contribution in [3.8, 4) is 5.75 Å². The van der Waals surface area contributed by atoms with Gasteiger partial charge in [-0.1, -0.05) is 6.07 Å². The number of hydrogen-bond acceptors (Lipinski definition) is 4. The van der Waals surface area contributed by atoms with E-state index >= 15 is 0 Å². The predicted molar refractivity (Wildman–Crippen MR) is 87.3 cm³/mol. The molecule has 2 aromatic rings. The first kappa shape index (κ1) is 15.4. The van der Waals surface area contributed by atoms with Crippen LogP contribution in [0.2, 0.25) is 0 Å². The molecular weight excluding hydrogens is 294 g/mol. The highest BCUT2D eigenvalue weighted by molar-refractivity contribution is 6.01. The Bertz CT molecular complexity index is 657. The van der Waals surface area contributed by atoms with Crippen LogP contribution in [0.15, 0.2) is 53.2 Å². The number of nitrogens with one attached hydrogen (secondary N) is 1. The van der Waals surface area contributed by atoms with Crippen molar-refractivity contribution in [2.45, 2.75) is 18.9 Å². The van der Waals surface area contributed by atoms with E-state index in [0.29, 0.717) is 23.8 Å². The van der Waals surface area contributed by atoms with Crippen molar-refractivity contribution >= 4 is 17.7 Å². The second-order valence-electron chi connectivity index (χ2n) is 5.31. The van der Waals surface area contributed by atoms with Crippen molar-refractivity contribution in [1.82, 2.24) is 0 Å². The molecular formula is C18H19NO4. The van der Waals surface area contributed by atoms with Crippen molar-refractivity contribution in [2.24, 2.45) is 0 Å². The average Bonchev–Trinajstić information content (AvgIpc) is 3.25. The van der Waals surface area contributed by atoms with Gasteiger partial charge in [-0.2, -0.15) is 0 Å². The average molecular weight is 313 g/mol. The van der Waals surface area contributed by atoms with Crippen molar-refractivity contribution in [2.75, 3.05) is 18.5 Å². The van der Waals surface area contributed by atoms with Gasteiger partial charge >= 0.3 is 0 Å². The molecule has 23 heavy (non-hydrogen) atoms. The Morgan fingerprint density at radius 2 is 2.30 bits per heavy atom. The maximum Gasteiger partial charge on any atom is 0.248 e. The SMILES string of the molecule is O=C(/C=C/c1ccco1)Nc1cccc(OCC2CCCO2)c1. The zero-order valence-corrected chi connectivity index (χ0v) is 12.7. The van der Waals surface area contributed by atoms with Crippen LogP contribution in [0.25, 0.3) is 6.08 Å². The normalized spacial score (nSPS) is 17.5. The molecule has 1 fully saturated rings. The summed E-state index contributed by atoms with van der Waals surface area (Å²) in [7, 11) is 0. The maximum absolute atomic E-state index is 11.9. The molecule has 1 atom stereocenters. The van der Waals surface area contributed by atoms with Crippen LogP contribution in [0.5, 0.6) is 5.75 Å². The fraction of sp³-hybridized carbons (Fsp3) is 0.278. The fourth-order valence-electron chi connectivity index (χ4n) is 2.36. The molecule has 0 radical (unpaired) electrons. The van der Waals surface area contributed by atoms with E-state index in [1.54, 1.807) is 30.5 Å². The molecule has 0 aliphatic carbocycles. The van der Waals surface area contributed by atoms with E-state index in [1.807, 2.05) is 18.2 Å². The number of carbonyl (C=O) groups excluding carboxylic acids is 1. The maximum atomic E-state index is 11.9. The number of anilines is 1. The van der Waals surface area contributed by atoms with Crippen molar-refractivity contribution < 1.29 is 18.7 Å². The van der Waals surface area contributed by atoms with E-state index in [0.717, 1.165) is 19.4 Å². The van der Waals surface area contributed by atoms with Gasteiger partial charge in [0.05, 0.1) is 12.4 Å². The lowest BCUT2D eigenvalue weighted by Gasteiger charge is -2.12. The first-order chi connectivity index (χ1) is 11.3. The molecule has 1 saturated heterocycles. The van der Waals surface area contributed by atoms with E-state index in [9.17, 15) is 4.79 Å². The minimum absolute atomic E-state index is 0.171. The summed E-state index contributed by atoms with van der Waals surface area (Å²) in [4.78, 5) is 11.9. The molecule has 1 aliphatic heterocycles. The molecule has 2 heterocycles. The van der Waals surface area contributed by atoms with E-state index < -0.39 is 0 Å².